The first kappa shape index (κ1) is 29.9. The minimum absolute atomic E-state index is 0.0611. The van der Waals surface area contributed by atoms with Crippen molar-refractivity contribution in [1.29, 1.82) is 0 Å². The molecule has 37 heavy (non-hydrogen) atoms. The van der Waals surface area contributed by atoms with Gasteiger partial charge in [-0.25, -0.2) is 4.98 Å². The van der Waals surface area contributed by atoms with Crippen molar-refractivity contribution in [3.8, 4) is 0 Å². The molecule has 2 aliphatic heterocycles. The maximum atomic E-state index is 13.5. The predicted molar refractivity (Wildman–Crippen MR) is 145 cm³/mol. The fourth-order valence-corrected chi connectivity index (χ4v) is 6.19. The molecule has 0 radical (unpaired) electrons. The van der Waals surface area contributed by atoms with Crippen molar-refractivity contribution in [2.45, 2.75) is 123 Å². The van der Waals surface area contributed by atoms with Gasteiger partial charge in [-0.3, -0.25) is 9.59 Å². The number of rotatable bonds is 4. The van der Waals surface area contributed by atoms with Crippen molar-refractivity contribution < 1.29 is 29.3 Å². The smallest absolute Gasteiger partial charge is 0.309 e. The number of ether oxygens (including phenoxy) is 2. The van der Waals surface area contributed by atoms with Gasteiger partial charge in [-0.1, -0.05) is 41.0 Å². The molecule has 7 nitrogen and oxygen atoms in total. The van der Waals surface area contributed by atoms with Crippen LogP contribution in [0.25, 0.3) is 6.08 Å². The van der Waals surface area contributed by atoms with Crippen molar-refractivity contribution >= 4 is 29.2 Å². The molecule has 8 heteroatoms. The average Bonchev–Trinajstić information content (AvgIpc) is 3.37. The number of aryl methyl sites for hydroxylation is 1. The SMILES string of the molecule is CC[C@H]1C(=O)C(C)(C)[C@@H](O)CC(=O)O[C@H](C(C)=Cc2csc(C)n2)C[C@]2(CC)O[C@@H]2CCC[C@H](C)[C@@H]1O. The first-order valence-electron chi connectivity index (χ1n) is 13.7. The third-order valence-corrected chi connectivity index (χ3v) is 9.35. The predicted octanol–water partition coefficient (Wildman–Crippen LogP) is 5.26. The van der Waals surface area contributed by atoms with Crippen molar-refractivity contribution in [3.63, 3.8) is 0 Å². The molecule has 2 saturated heterocycles. The zero-order chi connectivity index (χ0) is 27.5. The maximum Gasteiger partial charge on any atom is 0.309 e. The lowest BCUT2D eigenvalue weighted by atomic mass is 9.71. The van der Waals surface area contributed by atoms with Crippen LogP contribution in [0.3, 0.4) is 0 Å². The summed E-state index contributed by atoms with van der Waals surface area (Å²) in [5.74, 6) is -1.44. The molecular formula is C29H45NO6S. The Balaban J connectivity index is 1.91. The third-order valence-electron chi connectivity index (χ3n) is 8.56. The van der Waals surface area contributed by atoms with Gasteiger partial charge in [0.2, 0.25) is 0 Å². The van der Waals surface area contributed by atoms with Gasteiger partial charge in [0.15, 0.2) is 0 Å². The Bertz CT molecular complexity index is 987. The number of carbonyl (C=O) groups is 2. The van der Waals surface area contributed by atoms with Crippen LogP contribution >= 0.6 is 11.3 Å². The summed E-state index contributed by atoms with van der Waals surface area (Å²) in [5, 5.41) is 25.0. The van der Waals surface area contributed by atoms with E-state index in [2.05, 4.69) is 11.9 Å². The van der Waals surface area contributed by atoms with E-state index in [0.29, 0.717) is 12.8 Å². The number of nitrogens with zero attached hydrogens (tertiary/aromatic N) is 1. The molecule has 1 aromatic rings. The fourth-order valence-electron chi connectivity index (χ4n) is 5.62. The Hall–Kier alpha value is -1.61. The molecule has 0 aromatic carbocycles. The number of ketones is 1. The quantitative estimate of drug-likeness (QED) is 0.400. The topological polar surface area (TPSA) is 109 Å². The van der Waals surface area contributed by atoms with Gasteiger partial charge in [0.1, 0.15) is 11.9 Å². The van der Waals surface area contributed by atoms with E-state index in [1.165, 1.54) is 0 Å². The van der Waals surface area contributed by atoms with Crippen LogP contribution < -0.4 is 0 Å². The van der Waals surface area contributed by atoms with E-state index < -0.39 is 35.6 Å². The highest BCUT2D eigenvalue weighted by molar-refractivity contribution is 7.09. The summed E-state index contributed by atoms with van der Waals surface area (Å²) in [7, 11) is 0. The average molecular weight is 536 g/mol. The lowest BCUT2D eigenvalue weighted by molar-refractivity contribution is -0.155. The van der Waals surface area contributed by atoms with E-state index in [1.54, 1.807) is 25.2 Å². The number of hydrogen-bond donors (Lipinski definition) is 2. The molecule has 0 aliphatic carbocycles. The molecule has 0 unspecified atom stereocenters. The summed E-state index contributed by atoms with van der Waals surface area (Å²) in [6, 6.07) is 0. The Labute approximate surface area is 225 Å². The van der Waals surface area contributed by atoms with Crippen LogP contribution in [-0.4, -0.2) is 57.0 Å². The molecule has 0 spiro atoms. The summed E-state index contributed by atoms with van der Waals surface area (Å²) in [6.07, 6.45) is 3.47. The first-order valence-corrected chi connectivity index (χ1v) is 14.6. The number of fused-ring (bicyclic) bond motifs is 1. The van der Waals surface area contributed by atoms with E-state index in [-0.39, 0.29) is 29.8 Å². The third kappa shape index (κ3) is 6.88. The number of carbonyl (C=O) groups excluding carboxylic acids is 2. The van der Waals surface area contributed by atoms with Crippen molar-refractivity contribution in [1.82, 2.24) is 4.98 Å². The van der Waals surface area contributed by atoms with Crippen LogP contribution in [0.1, 0.15) is 97.2 Å². The lowest BCUT2D eigenvalue weighted by Crippen LogP contribution is -2.46. The van der Waals surface area contributed by atoms with Crippen LogP contribution in [0.4, 0.5) is 0 Å². The number of hydrogen-bond acceptors (Lipinski definition) is 8. The van der Waals surface area contributed by atoms with Gasteiger partial charge in [-0.2, -0.15) is 0 Å². The number of epoxide rings is 1. The molecule has 3 heterocycles. The minimum atomic E-state index is -1.23. The highest BCUT2D eigenvalue weighted by Crippen LogP contribution is 2.48. The highest BCUT2D eigenvalue weighted by Gasteiger charge is 2.56. The molecule has 0 amide bonds. The van der Waals surface area contributed by atoms with Gasteiger partial charge in [-0.15, -0.1) is 11.3 Å². The summed E-state index contributed by atoms with van der Waals surface area (Å²) in [5.41, 5.74) is 0.128. The molecule has 3 rings (SSSR count). The van der Waals surface area contributed by atoms with Gasteiger partial charge < -0.3 is 19.7 Å². The first-order chi connectivity index (χ1) is 17.3. The lowest BCUT2D eigenvalue weighted by Gasteiger charge is -2.35. The number of aliphatic hydroxyl groups is 2. The molecule has 1 aromatic heterocycles. The van der Waals surface area contributed by atoms with Crippen LogP contribution in [-0.2, 0) is 19.1 Å². The van der Waals surface area contributed by atoms with Crippen molar-refractivity contribution in [3.05, 3.63) is 21.7 Å². The van der Waals surface area contributed by atoms with Gasteiger partial charge in [0.25, 0.3) is 0 Å². The minimum Gasteiger partial charge on any atom is -0.458 e. The van der Waals surface area contributed by atoms with Gasteiger partial charge in [-0.05, 0) is 57.1 Å². The van der Waals surface area contributed by atoms with Crippen molar-refractivity contribution in [2.75, 3.05) is 0 Å². The summed E-state index contributed by atoms with van der Waals surface area (Å²) < 4.78 is 12.2. The standard InChI is InChI=1S/C29H45NO6S/c1-8-21-26(33)17(3)11-10-12-24-29(9-2,36-24)15-22(18(4)13-20-16-37-19(5)30-20)35-25(32)14-23(31)28(6,7)27(21)34/h13,16-17,21-24,26,31,33H,8-12,14-15H2,1-7H3/t17-,21+,22-,23-,24+,26-,29-/m0/s1. The number of Topliss-reactive ketones (excluding diaryl/α,β-unsaturated/α-hetero) is 1. The van der Waals surface area contributed by atoms with Crippen LogP contribution in [0.2, 0.25) is 0 Å². The molecule has 208 valence electrons. The Morgan fingerprint density at radius 1 is 1.24 bits per heavy atom. The van der Waals surface area contributed by atoms with Crippen LogP contribution in [0.15, 0.2) is 11.0 Å². The summed E-state index contributed by atoms with van der Waals surface area (Å²) >= 11 is 1.56. The maximum absolute atomic E-state index is 13.5. The van der Waals surface area contributed by atoms with E-state index in [4.69, 9.17) is 9.47 Å². The monoisotopic (exact) mass is 535 g/mol. The second-order valence-electron chi connectivity index (χ2n) is 11.6. The second kappa shape index (κ2) is 12.1. The molecular weight excluding hydrogens is 490 g/mol. The Morgan fingerprint density at radius 3 is 2.54 bits per heavy atom. The summed E-state index contributed by atoms with van der Waals surface area (Å²) in [6.45, 7) is 13.1. The van der Waals surface area contributed by atoms with E-state index >= 15 is 0 Å². The second-order valence-corrected chi connectivity index (χ2v) is 12.7. The molecule has 2 N–H and O–H groups in total. The van der Waals surface area contributed by atoms with Crippen LogP contribution in [0.5, 0.6) is 0 Å². The zero-order valence-corrected chi connectivity index (χ0v) is 24.3. The van der Waals surface area contributed by atoms with E-state index in [0.717, 1.165) is 42.0 Å². The zero-order valence-electron chi connectivity index (χ0n) is 23.5. The van der Waals surface area contributed by atoms with Gasteiger partial charge in [0, 0.05) is 17.7 Å². The highest BCUT2D eigenvalue weighted by atomic mass is 32.1. The van der Waals surface area contributed by atoms with Crippen molar-refractivity contribution in [2.24, 2.45) is 17.3 Å². The van der Waals surface area contributed by atoms with Crippen LogP contribution in [0, 0.1) is 24.2 Å². The molecule has 0 bridgehead atoms. The van der Waals surface area contributed by atoms with E-state index in [1.807, 2.05) is 39.2 Å². The molecule has 0 saturated carbocycles. The molecule has 2 fully saturated rings. The van der Waals surface area contributed by atoms with Gasteiger partial charge in [0.05, 0.1) is 46.5 Å². The van der Waals surface area contributed by atoms with Gasteiger partial charge >= 0.3 is 5.97 Å². The number of cyclic esters (lactones) is 1. The largest absolute Gasteiger partial charge is 0.458 e. The van der Waals surface area contributed by atoms with E-state index in [9.17, 15) is 19.8 Å². The Morgan fingerprint density at radius 2 is 1.95 bits per heavy atom. The Kier molecular flexibility index (Phi) is 9.76. The summed E-state index contributed by atoms with van der Waals surface area (Å²) in [4.78, 5) is 31.1. The molecule has 2 aliphatic rings. The number of thiazole rings is 1. The fraction of sp³-hybridized carbons (Fsp3) is 0.759. The normalized spacial score (nSPS) is 36.1. The molecule has 7 atom stereocenters. The number of esters is 1. The number of aliphatic hydroxyl groups excluding tert-OH is 2. The number of aromatic nitrogens is 1.